The van der Waals surface area contributed by atoms with Crippen molar-refractivity contribution in [1.82, 2.24) is 0 Å². The monoisotopic (exact) mass is 343 g/mol. The number of hydrogen-bond donors (Lipinski definition) is 0. The molecule has 0 saturated carbocycles. The normalized spacial score (nSPS) is 15.4. The minimum atomic E-state index is -0.434. The summed E-state index contributed by atoms with van der Waals surface area (Å²) >= 11 is 6.20. The van der Waals surface area contributed by atoms with Crippen LogP contribution in [0.25, 0.3) is 0 Å². The number of carbonyl (C=O) groups is 2. The average Bonchev–Trinajstić information content (AvgIpc) is 3.02. The number of nitrogens with zero attached hydrogens (tertiary/aromatic N) is 1. The summed E-state index contributed by atoms with van der Waals surface area (Å²) in [4.78, 5) is 26.0. The first-order valence-electron chi connectivity index (χ1n) is 7.92. The molecule has 1 aliphatic heterocycles. The highest BCUT2D eigenvalue weighted by Gasteiger charge is 2.25. The van der Waals surface area contributed by atoms with Crippen LogP contribution in [0.15, 0.2) is 48.5 Å². The van der Waals surface area contributed by atoms with Crippen molar-refractivity contribution in [2.75, 3.05) is 11.4 Å². The Balaban J connectivity index is 1.79. The molecule has 1 atom stereocenters. The van der Waals surface area contributed by atoms with Gasteiger partial charge in [0, 0.05) is 13.0 Å². The zero-order chi connectivity index (χ0) is 17.1. The third-order valence-corrected chi connectivity index (χ3v) is 4.42. The molecular weight excluding hydrogens is 326 g/mol. The van der Waals surface area contributed by atoms with Crippen molar-refractivity contribution in [3.05, 3.63) is 64.7 Å². The average molecular weight is 344 g/mol. The van der Waals surface area contributed by atoms with Crippen LogP contribution in [0, 0.1) is 0 Å². The first kappa shape index (κ1) is 16.5. The van der Waals surface area contributed by atoms with Crippen LogP contribution in [0.4, 0.5) is 5.69 Å². The topological polar surface area (TPSA) is 46.6 Å². The number of carbonyl (C=O) groups excluding carboxylic acids is 2. The van der Waals surface area contributed by atoms with Gasteiger partial charge in [0.1, 0.15) is 6.10 Å². The molecule has 0 unspecified atom stereocenters. The lowest BCUT2D eigenvalue weighted by Gasteiger charge is -2.19. The predicted octanol–water partition coefficient (Wildman–Crippen LogP) is 4.38. The molecule has 0 bridgehead atoms. The Morgan fingerprint density at radius 3 is 2.62 bits per heavy atom. The van der Waals surface area contributed by atoms with E-state index in [4.69, 9.17) is 16.3 Å². The van der Waals surface area contributed by atoms with Gasteiger partial charge in [-0.3, -0.25) is 4.79 Å². The Hall–Kier alpha value is -2.33. The molecule has 2 aromatic rings. The second-order valence-electron chi connectivity index (χ2n) is 5.77. The van der Waals surface area contributed by atoms with Gasteiger partial charge in [0.2, 0.25) is 5.91 Å². The second-order valence-corrected chi connectivity index (χ2v) is 6.18. The summed E-state index contributed by atoms with van der Waals surface area (Å²) in [6, 6.07) is 14.4. The van der Waals surface area contributed by atoms with Crippen molar-refractivity contribution >= 4 is 29.2 Å². The Morgan fingerprint density at radius 2 is 1.96 bits per heavy atom. The molecule has 1 aliphatic rings. The number of hydrogen-bond acceptors (Lipinski definition) is 3. The van der Waals surface area contributed by atoms with Gasteiger partial charge in [0.15, 0.2) is 0 Å². The highest BCUT2D eigenvalue weighted by Crippen LogP contribution is 2.31. The van der Waals surface area contributed by atoms with Crippen molar-refractivity contribution in [2.24, 2.45) is 0 Å². The zero-order valence-electron chi connectivity index (χ0n) is 13.4. The maximum atomic E-state index is 12.4. The number of ether oxygens (including phenoxy) is 1. The molecule has 1 amide bonds. The number of rotatable bonds is 4. The molecule has 1 heterocycles. The lowest BCUT2D eigenvalue weighted by molar-refractivity contribution is -0.117. The Kier molecular flexibility index (Phi) is 4.86. The van der Waals surface area contributed by atoms with Crippen molar-refractivity contribution in [3.63, 3.8) is 0 Å². The quantitative estimate of drug-likeness (QED) is 0.774. The standard InChI is InChI=1S/C19H18ClNO3/c1-13(14-6-3-2-4-7-14)24-19(23)15-9-10-16(20)17(12-15)21-11-5-8-18(21)22/h2-4,6-7,9-10,12-13H,5,8,11H2,1H3/t13-/m0/s1. The molecule has 0 spiro atoms. The first-order valence-corrected chi connectivity index (χ1v) is 8.30. The molecule has 124 valence electrons. The molecule has 5 heteroatoms. The number of amides is 1. The molecule has 3 rings (SSSR count). The van der Waals surface area contributed by atoms with E-state index >= 15 is 0 Å². The van der Waals surface area contributed by atoms with Crippen LogP contribution in [0.2, 0.25) is 5.02 Å². The Labute approximate surface area is 146 Å². The van der Waals surface area contributed by atoms with Crippen LogP contribution in [-0.4, -0.2) is 18.4 Å². The van der Waals surface area contributed by atoms with E-state index in [2.05, 4.69) is 0 Å². The number of benzene rings is 2. The predicted molar refractivity (Wildman–Crippen MR) is 93.3 cm³/mol. The highest BCUT2D eigenvalue weighted by atomic mass is 35.5. The van der Waals surface area contributed by atoms with E-state index in [-0.39, 0.29) is 12.0 Å². The minimum absolute atomic E-state index is 0.0278. The number of halogens is 1. The largest absolute Gasteiger partial charge is 0.454 e. The van der Waals surface area contributed by atoms with E-state index < -0.39 is 5.97 Å². The van der Waals surface area contributed by atoms with Crippen LogP contribution in [-0.2, 0) is 9.53 Å². The maximum Gasteiger partial charge on any atom is 0.338 e. The summed E-state index contributed by atoms with van der Waals surface area (Å²) in [7, 11) is 0. The summed E-state index contributed by atoms with van der Waals surface area (Å²) in [6.07, 6.45) is 0.955. The van der Waals surface area contributed by atoms with E-state index in [0.29, 0.717) is 29.2 Å². The van der Waals surface area contributed by atoms with Gasteiger partial charge in [-0.05, 0) is 37.1 Å². The summed E-state index contributed by atoms with van der Waals surface area (Å²) in [6.45, 7) is 2.45. The van der Waals surface area contributed by atoms with Crippen molar-refractivity contribution < 1.29 is 14.3 Å². The number of esters is 1. The smallest absolute Gasteiger partial charge is 0.338 e. The Morgan fingerprint density at radius 1 is 1.21 bits per heavy atom. The van der Waals surface area contributed by atoms with Gasteiger partial charge in [-0.1, -0.05) is 41.9 Å². The van der Waals surface area contributed by atoms with Crippen molar-refractivity contribution in [2.45, 2.75) is 25.9 Å². The van der Waals surface area contributed by atoms with Crippen LogP contribution in [0.5, 0.6) is 0 Å². The molecule has 0 aromatic heterocycles. The van der Waals surface area contributed by atoms with Gasteiger partial charge < -0.3 is 9.64 Å². The van der Waals surface area contributed by atoms with Gasteiger partial charge in [-0.15, -0.1) is 0 Å². The second kappa shape index (κ2) is 7.05. The van der Waals surface area contributed by atoms with E-state index in [1.165, 1.54) is 0 Å². The van der Waals surface area contributed by atoms with Crippen LogP contribution < -0.4 is 4.90 Å². The van der Waals surface area contributed by atoms with Gasteiger partial charge in [-0.2, -0.15) is 0 Å². The van der Waals surface area contributed by atoms with Crippen molar-refractivity contribution in [1.29, 1.82) is 0 Å². The van der Waals surface area contributed by atoms with E-state index in [1.807, 2.05) is 37.3 Å². The summed E-state index contributed by atoms with van der Waals surface area (Å²) < 4.78 is 5.52. The molecule has 24 heavy (non-hydrogen) atoms. The molecule has 2 aromatic carbocycles. The SMILES string of the molecule is C[C@H](OC(=O)c1ccc(Cl)c(N2CCCC2=O)c1)c1ccccc1. The minimum Gasteiger partial charge on any atom is -0.454 e. The zero-order valence-corrected chi connectivity index (χ0v) is 14.1. The van der Waals surface area contributed by atoms with Gasteiger partial charge in [0.05, 0.1) is 16.3 Å². The van der Waals surface area contributed by atoms with Gasteiger partial charge in [0.25, 0.3) is 0 Å². The fourth-order valence-corrected chi connectivity index (χ4v) is 2.99. The third-order valence-electron chi connectivity index (χ3n) is 4.10. The molecule has 4 nitrogen and oxygen atoms in total. The number of anilines is 1. The molecular formula is C19H18ClNO3. The summed E-state index contributed by atoms with van der Waals surface area (Å²) in [5, 5.41) is 0.456. The summed E-state index contributed by atoms with van der Waals surface area (Å²) in [5.41, 5.74) is 1.88. The maximum absolute atomic E-state index is 12.4. The van der Waals surface area contributed by atoms with E-state index in [9.17, 15) is 9.59 Å². The van der Waals surface area contributed by atoms with Crippen molar-refractivity contribution in [3.8, 4) is 0 Å². The molecule has 0 aliphatic carbocycles. The first-order chi connectivity index (χ1) is 11.6. The Bertz CT molecular complexity index is 760. The van der Waals surface area contributed by atoms with E-state index in [0.717, 1.165) is 12.0 Å². The molecule has 0 radical (unpaired) electrons. The lowest BCUT2D eigenvalue weighted by Crippen LogP contribution is -2.24. The van der Waals surface area contributed by atoms with Crippen LogP contribution >= 0.6 is 11.6 Å². The molecule has 0 N–H and O–H groups in total. The fourth-order valence-electron chi connectivity index (χ4n) is 2.77. The van der Waals surface area contributed by atoms with Gasteiger partial charge >= 0.3 is 5.97 Å². The fraction of sp³-hybridized carbons (Fsp3) is 0.263. The highest BCUT2D eigenvalue weighted by molar-refractivity contribution is 6.34. The van der Waals surface area contributed by atoms with E-state index in [1.54, 1.807) is 23.1 Å². The molecule has 1 saturated heterocycles. The van der Waals surface area contributed by atoms with Crippen LogP contribution in [0.3, 0.4) is 0 Å². The third kappa shape index (κ3) is 3.44. The lowest BCUT2D eigenvalue weighted by atomic mass is 10.1. The van der Waals surface area contributed by atoms with Crippen LogP contribution in [0.1, 0.15) is 41.8 Å². The summed E-state index contributed by atoms with van der Waals surface area (Å²) in [5.74, 6) is -0.406. The molecule has 1 fully saturated rings. The van der Waals surface area contributed by atoms with Gasteiger partial charge in [-0.25, -0.2) is 4.79 Å².